The fourth-order valence-electron chi connectivity index (χ4n) is 6.33. The maximum absolute atomic E-state index is 14.3. The molecule has 0 aromatic rings. The second-order valence-electron chi connectivity index (χ2n) is 18.5. The lowest BCUT2D eigenvalue weighted by molar-refractivity contribution is -0.538. The Morgan fingerprint density at radius 3 is 0.810 bits per heavy atom. The van der Waals surface area contributed by atoms with Crippen molar-refractivity contribution in [1.82, 2.24) is 0 Å². The van der Waals surface area contributed by atoms with Crippen molar-refractivity contribution >= 4 is 0 Å². The van der Waals surface area contributed by atoms with E-state index in [9.17, 15) is 98.0 Å². The zero-order valence-electron chi connectivity index (χ0n) is 35.6. The SMILES string of the molecule is CC1(C)OC(C)(C)C(F)(F)C(O)(C(F)(F)F)O1.CC1(C)OC(O)(C(F)(F)F)C(F)(F)C(C)(C)C1(C)C.CC1(C)OC(O)(C(F)(F)F)C(F)(F)C1(C)C.OC1(C(F)(F)F)OCC1(F)F. The van der Waals surface area contributed by atoms with E-state index in [1.165, 1.54) is 27.7 Å². The number of ether oxygens (including phenoxy) is 5. The number of rotatable bonds is 0. The first-order chi connectivity index (χ1) is 26.5. The predicted octanol–water partition coefficient (Wildman–Crippen LogP) is 9.78. The van der Waals surface area contributed by atoms with Crippen LogP contribution in [0.15, 0.2) is 0 Å². The summed E-state index contributed by atoms with van der Waals surface area (Å²) in [7, 11) is 0. The van der Waals surface area contributed by atoms with Crippen molar-refractivity contribution in [2.24, 2.45) is 16.2 Å². The van der Waals surface area contributed by atoms with Crippen molar-refractivity contribution in [3.8, 4) is 0 Å². The van der Waals surface area contributed by atoms with E-state index in [4.69, 9.17) is 14.9 Å². The molecule has 0 spiro atoms. The van der Waals surface area contributed by atoms with Crippen molar-refractivity contribution in [3.05, 3.63) is 0 Å². The number of aliphatic hydroxyl groups is 4. The Labute approximate surface area is 346 Å². The monoisotopic (exact) mass is 980 g/mol. The van der Waals surface area contributed by atoms with Gasteiger partial charge < -0.3 is 44.1 Å². The Bertz CT molecular complexity index is 1650. The summed E-state index contributed by atoms with van der Waals surface area (Å²) in [6.07, 6.45) is -22.2. The first-order valence-corrected chi connectivity index (χ1v) is 17.7. The van der Waals surface area contributed by atoms with Crippen LogP contribution in [0.25, 0.3) is 0 Å². The standard InChI is InChI=1S/C12H19F5O2.C9H13F5O3.C9H13F5O2.C4H3F5O2/c1-7(2)8(3,4)10(13,14)11(18,12(15,16)17)19-9(7,5)6;1-5(2)7(10,11)8(15,9(12,13)14)17-6(3,4)16-5;1-5(2)6(3,4)16-8(15,7(5,10)11)9(12,13)14;5-2(6)1-11-3(2,10)4(7,8)9/h18H,1-6H3;15H,1-4H3;15H,1-4H3;10H,1H2. The van der Waals surface area contributed by atoms with Gasteiger partial charge in [0.05, 0.1) is 16.6 Å². The van der Waals surface area contributed by atoms with Crippen molar-refractivity contribution in [2.45, 2.75) is 191 Å². The lowest BCUT2D eigenvalue weighted by atomic mass is 9.54. The lowest BCUT2D eigenvalue weighted by Crippen LogP contribution is -2.77. The highest BCUT2D eigenvalue weighted by Gasteiger charge is 2.86. The Morgan fingerprint density at radius 2 is 0.603 bits per heavy atom. The highest BCUT2D eigenvalue weighted by atomic mass is 19.4. The van der Waals surface area contributed by atoms with Gasteiger partial charge in [-0.3, -0.25) is 0 Å². The Morgan fingerprint density at radius 1 is 0.333 bits per heavy atom. The second-order valence-corrected chi connectivity index (χ2v) is 18.5. The Hall–Kier alpha value is -1.76. The van der Waals surface area contributed by atoms with Gasteiger partial charge in [-0.2, -0.15) is 87.8 Å². The molecule has 9 nitrogen and oxygen atoms in total. The summed E-state index contributed by atoms with van der Waals surface area (Å²) in [6.45, 7) is 13.5. The van der Waals surface area contributed by atoms with Gasteiger partial charge in [0.1, 0.15) is 12.2 Å². The second kappa shape index (κ2) is 15.1. The molecule has 0 saturated carbocycles. The van der Waals surface area contributed by atoms with E-state index in [2.05, 4.69) is 18.9 Å². The molecule has 4 rings (SSSR count). The van der Waals surface area contributed by atoms with Crippen molar-refractivity contribution in [3.63, 3.8) is 0 Å². The van der Waals surface area contributed by atoms with Gasteiger partial charge in [-0.1, -0.05) is 41.5 Å². The van der Waals surface area contributed by atoms with E-state index < -0.39 is 117 Å². The van der Waals surface area contributed by atoms with Crippen LogP contribution in [0.1, 0.15) is 96.9 Å². The highest BCUT2D eigenvalue weighted by molar-refractivity contribution is 5.16. The van der Waals surface area contributed by atoms with Gasteiger partial charge in [0, 0.05) is 10.8 Å². The number of hydrogen-bond acceptors (Lipinski definition) is 9. The zero-order valence-corrected chi connectivity index (χ0v) is 35.6. The minimum atomic E-state index is -5.64. The highest BCUT2D eigenvalue weighted by Crippen LogP contribution is 2.67. The summed E-state index contributed by atoms with van der Waals surface area (Å²) in [4.78, 5) is 0. The topological polar surface area (TPSA) is 127 Å². The molecule has 4 N–H and O–H groups in total. The molecule has 4 fully saturated rings. The summed E-state index contributed by atoms with van der Waals surface area (Å²) < 4.78 is 276. The molecule has 0 aliphatic carbocycles. The third-order valence-corrected chi connectivity index (χ3v) is 12.4. The predicted molar refractivity (Wildman–Crippen MR) is 172 cm³/mol. The molecular weight excluding hydrogens is 932 g/mol. The average Bonchev–Trinajstić information content (AvgIpc) is 3.09. The molecule has 0 amide bonds. The van der Waals surface area contributed by atoms with Crippen LogP contribution in [-0.2, 0) is 23.7 Å². The number of alkyl halides is 20. The Kier molecular flexibility index (Phi) is 14.2. The van der Waals surface area contributed by atoms with E-state index in [1.807, 2.05) is 0 Å². The maximum atomic E-state index is 14.3. The fourth-order valence-corrected chi connectivity index (χ4v) is 6.33. The van der Waals surface area contributed by atoms with Gasteiger partial charge >= 0.3 is 71.5 Å². The average molecular weight is 981 g/mol. The van der Waals surface area contributed by atoms with Gasteiger partial charge in [-0.05, 0) is 55.4 Å². The first-order valence-electron chi connectivity index (χ1n) is 17.7. The van der Waals surface area contributed by atoms with Crippen molar-refractivity contribution in [1.29, 1.82) is 0 Å². The van der Waals surface area contributed by atoms with Crippen LogP contribution in [-0.4, -0.2) is 121 Å². The molecule has 0 bridgehead atoms. The molecule has 29 heteroatoms. The summed E-state index contributed by atoms with van der Waals surface area (Å²) in [5.41, 5.74) is -11.5. The van der Waals surface area contributed by atoms with Crippen LogP contribution < -0.4 is 0 Å². The van der Waals surface area contributed by atoms with E-state index >= 15 is 0 Å². The fraction of sp³-hybridized carbons (Fsp3) is 1.00. The van der Waals surface area contributed by atoms with E-state index in [0.717, 1.165) is 69.2 Å². The van der Waals surface area contributed by atoms with Crippen LogP contribution in [0.4, 0.5) is 87.8 Å². The van der Waals surface area contributed by atoms with Gasteiger partial charge in [-0.15, -0.1) is 0 Å². The smallest absolute Gasteiger partial charge is 0.354 e. The molecule has 378 valence electrons. The third-order valence-electron chi connectivity index (χ3n) is 12.4. The summed E-state index contributed by atoms with van der Waals surface area (Å²) in [5.74, 6) is -37.6. The third kappa shape index (κ3) is 8.48. The van der Waals surface area contributed by atoms with Gasteiger partial charge in [0.2, 0.25) is 0 Å². The van der Waals surface area contributed by atoms with Gasteiger partial charge in [-0.25, -0.2) is 0 Å². The molecule has 4 heterocycles. The molecule has 4 aliphatic rings. The van der Waals surface area contributed by atoms with Crippen molar-refractivity contribution in [2.75, 3.05) is 6.61 Å². The van der Waals surface area contributed by atoms with Gasteiger partial charge in [0.15, 0.2) is 5.79 Å². The Balaban J connectivity index is 0.000000426. The van der Waals surface area contributed by atoms with Crippen LogP contribution in [0.2, 0.25) is 0 Å². The zero-order chi connectivity index (χ0) is 51.7. The summed E-state index contributed by atoms with van der Waals surface area (Å²) >= 11 is 0. The molecule has 4 saturated heterocycles. The molecule has 4 atom stereocenters. The molecule has 63 heavy (non-hydrogen) atoms. The van der Waals surface area contributed by atoms with Gasteiger partial charge in [0.25, 0.3) is 0 Å². The largest absolute Gasteiger partial charge is 0.449 e. The number of halogens is 20. The molecule has 0 aromatic heterocycles. The normalized spacial score (nSPS) is 36.1. The van der Waals surface area contributed by atoms with E-state index in [-0.39, 0.29) is 0 Å². The maximum Gasteiger partial charge on any atom is 0.449 e. The van der Waals surface area contributed by atoms with E-state index in [0.29, 0.717) is 0 Å². The van der Waals surface area contributed by atoms with Crippen LogP contribution in [0.5, 0.6) is 0 Å². The molecular formula is C34H48F20O9. The van der Waals surface area contributed by atoms with Crippen LogP contribution >= 0.6 is 0 Å². The lowest BCUT2D eigenvalue weighted by Gasteiger charge is -2.63. The molecule has 4 aliphatic heterocycles. The first kappa shape index (κ1) is 59.3. The van der Waals surface area contributed by atoms with Crippen LogP contribution in [0, 0.1) is 16.2 Å². The molecule has 0 radical (unpaired) electrons. The summed E-state index contributed by atoms with van der Waals surface area (Å²) in [6, 6.07) is 0. The van der Waals surface area contributed by atoms with Crippen molar-refractivity contribution < 1.29 is 132 Å². The number of hydrogen-bond donors (Lipinski definition) is 4. The minimum Gasteiger partial charge on any atom is -0.354 e. The molecule has 4 unspecified atom stereocenters. The van der Waals surface area contributed by atoms with Crippen LogP contribution in [0.3, 0.4) is 0 Å². The molecule has 0 aromatic carbocycles. The van der Waals surface area contributed by atoms with E-state index in [1.54, 1.807) is 0 Å². The summed E-state index contributed by atoms with van der Waals surface area (Å²) in [5, 5.41) is 36.1. The minimum absolute atomic E-state index is 0.758. The quantitative estimate of drug-likeness (QED) is 0.176.